The second-order valence-corrected chi connectivity index (χ2v) is 9.08. The number of aryl methyl sites for hydroxylation is 1. The molecule has 7 nitrogen and oxygen atoms in total. The van der Waals surface area contributed by atoms with Crippen molar-refractivity contribution in [1.29, 1.82) is 0 Å². The molecule has 0 saturated carbocycles. The molecule has 1 N–H and O–H groups in total. The first-order valence-electron chi connectivity index (χ1n) is 9.41. The Morgan fingerprint density at radius 2 is 1.79 bits per heavy atom. The lowest BCUT2D eigenvalue weighted by Gasteiger charge is -2.21. The first-order chi connectivity index (χ1) is 14.0. The number of sulfonamides is 1. The molecule has 0 unspecified atom stereocenters. The Morgan fingerprint density at radius 3 is 2.41 bits per heavy atom. The van der Waals surface area contributed by atoms with Crippen molar-refractivity contribution < 1.29 is 13.2 Å². The van der Waals surface area contributed by atoms with Crippen LogP contribution in [0.25, 0.3) is 0 Å². The molecule has 0 radical (unpaired) electrons. The van der Waals surface area contributed by atoms with Crippen molar-refractivity contribution in [3.8, 4) is 5.75 Å². The Morgan fingerprint density at radius 1 is 1.07 bits per heavy atom. The number of nitrogens with one attached hydrogen (secondary N) is 1. The van der Waals surface area contributed by atoms with Crippen molar-refractivity contribution in [2.45, 2.75) is 17.0 Å². The highest BCUT2D eigenvalue weighted by Gasteiger charge is 2.40. The Balaban J connectivity index is 1.62. The van der Waals surface area contributed by atoms with Gasteiger partial charge in [0.1, 0.15) is 5.75 Å². The Labute approximate surface area is 171 Å². The first kappa shape index (κ1) is 19.5. The number of hydrogen-bond acceptors (Lipinski definition) is 5. The van der Waals surface area contributed by atoms with Crippen LogP contribution >= 0.6 is 0 Å². The molecule has 1 aromatic heterocycles. The van der Waals surface area contributed by atoms with Crippen LogP contribution in [0.5, 0.6) is 5.75 Å². The number of hydrogen-bond donors (Lipinski definition) is 1. The van der Waals surface area contributed by atoms with Crippen LogP contribution in [0.3, 0.4) is 0 Å². The van der Waals surface area contributed by atoms with Crippen LogP contribution in [-0.4, -0.2) is 48.5 Å². The van der Waals surface area contributed by atoms with Crippen molar-refractivity contribution in [3.63, 3.8) is 0 Å². The number of ether oxygens (including phenoxy) is 1. The molecule has 8 heteroatoms. The lowest BCUT2D eigenvalue weighted by molar-refractivity contribution is 0.415. The van der Waals surface area contributed by atoms with E-state index in [1.807, 2.05) is 54.6 Å². The number of methoxy groups -OCH3 is 1. The zero-order chi connectivity index (χ0) is 20.4. The predicted octanol–water partition coefficient (Wildman–Crippen LogP) is 2.70. The van der Waals surface area contributed by atoms with E-state index >= 15 is 0 Å². The van der Waals surface area contributed by atoms with Crippen LogP contribution < -0.4 is 10.1 Å². The van der Waals surface area contributed by atoms with E-state index in [1.54, 1.807) is 18.7 Å². The molecule has 0 bridgehead atoms. The summed E-state index contributed by atoms with van der Waals surface area (Å²) in [6.45, 7) is 0.765. The number of anilines is 1. The van der Waals surface area contributed by atoms with E-state index in [9.17, 15) is 8.42 Å². The third kappa shape index (κ3) is 3.99. The van der Waals surface area contributed by atoms with E-state index in [2.05, 4.69) is 10.3 Å². The number of nitrogens with zero attached hydrogens (tertiary/aromatic N) is 3. The van der Waals surface area contributed by atoms with Crippen molar-refractivity contribution in [2.75, 3.05) is 25.5 Å². The molecule has 2 heterocycles. The quantitative estimate of drug-likeness (QED) is 0.674. The smallest absolute Gasteiger partial charge is 0.262 e. The molecule has 29 heavy (non-hydrogen) atoms. The fraction of sp³-hybridized carbons (Fsp3) is 0.286. The molecule has 0 aliphatic carbocycles. The fourth-order valence-corrected chi connectivity index (χ4v) is 5.16. The summed E-state index contributed by atoms with van der Waals surface area (Å²) in [4.78, 5) is 4.06. The van der Waals surface area contributed by atoms with Crippen LogP contribution in [-0.2, 0) is 17.1 Å². The molecular weight excluding hydrogens is 388 g/mol. The topological polar surface area (TPSA) is 76.5 Å². The van der Waals surface area contributed by atoms with Gasteiger partial charge in [-0.1, -0.05) is 30.3 Å². The largest absolute Gasteiger partial charge is 0.497 e. The Bertz CT molecular complexity index is 1060. The summed E-state index contributed by atoms with van der Waals surface area (Å²) in [5.41, 5.74) is 2.03. The lowest BCUT2D eigenvalue weighted by atomic mass is 9.94. The summed E-state index contributed by atoms with van der Waals surface area (Å²) in [7, 11) is -0.262. The number of aromatic nitrogens is 2. The number of benzene rings is 2. The minimum absolute atomic E-state index is 0.0248. The van der Waals surface area contributed by atoms with Gasteiger partial charge in [-0.3, -0.25) is 0 Å². The second kappa shape index (κ2) is 7.88. The third-order valence-corrected chi connectivity index (χ3v) is 6.96. The highest BCUT2D eigenvalue weighted by atomic mass is 32.2. The summed E-state index contributed by atoms with van der Waals surface area (Å²) in [5.74, 6) is 0.803. The molecule has 0 amide bonds. The minimum Gasteiger partial charge on any atom is -0.497 e. The highest BCUT2D eigenvalue weighted by molar-refractivity contribution is 7.89. The highest BCUT2D eigenvalue weighted by Crippen LogP contribution is 2.33. The van der Waals surface area contributed by atoms with Crippen molar-refractivity contribution in [1.82, 2.24) is 13.9 Å². The van der Waals surface area contributed by atoms with Crippen molar-refractivity contribution in [3.05, 3.63) is 72.7 Å². The molecular formula is C21H24N4O3S. The summed E-state index contributed by atoms with van der Waals surface area (Å²) >= 11 is 0. The van der Waals surface area contributed by atoms with Crippen molar-refractivity contribution in [2.24, 2.45) is 7.05 Å². The van der Waals surface area contributed by atoms with Crippen LogP contribution in [0.4, 0.5) is 5.69 Å². The molecule has 3 aromatic rings. The standard InChI is InChI=1S/C21H24N4O3S/c1-24-14-21(22-15-24)29(26,27)25-12-19(16-6-4-3-5-7-16)20(13-25)23-17-8-10-18(28-2)11-9-17/h3-11,14-15,19-20,23H,12-13H2,1-2H3/t19-,20+/m1/s1. The van der Waals surface area contributed by atoms with Gasteiger partial charge in [0.15, 0.2) is 5.03 Å². The molecule has 2 aromatic carbocycles. The number of rotatable bonds is 6. The average molecular weight is 413 g/mol. The minimum atomic E-state index is -3.65. The molecule has 1 aliphatic heterocycles. The summed E-state index contributed by atoms with van der Waals surface area (Å²) in [6.07, 6.45) is 3.04. The third-order valence-electron chi connectivity index (χ3n) is 5.24. The zero-order valence-electron chi connectivity index (χ0n) is 16.4. The molecule has 4 rings (SSSR count). The van der Waals surface area contributed by atoms with Gasteiger partial charge in [-0.2, -0.15) is 4.31 Å². The van der Waals surface area contributed by atoms with Gasteiger partial charge in [-0.25, -0.2) is 13.4 Å². The molecule has 2 atom stereocenters. The van der Waals surface area contributed by atoms with E-state index < -0.39 is 10.0 Å². The van der Waals surface area contributed by atoms with Gasteiger partial charge in [0, 0.05) is 44.0 Å². The van der Waals surface area contributed by atoms with Crippen LogP contribution in [0, 0.1) is 0 Å². The monoisotopic (exact) mass is 412 g/mol. The van der Waals surface area contributed by atoms with E-state index in [0.717, 1.165) is 17.0 Å². The van der Waals surface area contributed by atoms with E-state index in [4.69, 9.17) is 4.74 Å². The maximum absolute atomic E-state index is 13.1. The molecule has 0 spiro atoms. The van der Waals surface area contributed by atoms with Gasteiger partial charge < -0.3 is 14.6 Å². The molecule has 152 valence electrons. The predicted molar refractivity (Wildman–Crippen MR) is 112 cm³/mol. The summed E-state index contributed by atoms with van der Waals surface area (Å²) in [5, 5.41) is 3.59. The van der Waals surface area contributed by atoms with Gasteiger partial charge in [-0.15, -0.1) is 0 Å². The van der Waals surface area contributed by atoms with Crippen LogP contribution in [0.2, 0.25) is 0 Å². The van der Waals surface area contributed by atoms with E-state index in [-0.39, 0.29) is 17.0 Å². The average Bonchev–Trinajstić information content (AvgIpc) is 3.36. The van der Waals surface area contributed by atoms with Gasteiger partial charge in [0.05, 0.1) is 13.4 Å². The zero-order valence-corrected chi connectivity index (χ0v) is 17.2. The summed E-state index contributed by atoms with van der Waals surface area (Å²) in [6, 6.07) is 17.6. The lowest BCUT2D eigenvalue weighted by Crippen LogP contribution is -2.32. The number of imidazole rings is 1. The van der Waals surface area contributed by atoms with Gasteiger partial charge in [0.2, 0.25) is 0 Å². The van der Waals surface area contributed by atoms with Crippen LogP contribution in [0.15, 0.2) is 72.1 Å². The maximum Gasteiger partial charge on any atom is 0.262 e. The molecule has 1 fully saturated rings. The normalized spacial score (nSPS) is 19.9. The Hall–Kier alpha value is -2.84. The molecule has 1 saturated heterocycles. The van der Waals surface area contributed by atoms with E-state index in [1.165, 1.54) is 16.8 Å². The Kier molecular flexibility index (Phi) is 5.29. The van der Waals surface area contributed by atoms with Gasteiger partial charge >= 0.3 is 0 Å². The summed E-state index contributed by atoms with van der Waals surface area (Å²) < 4.78 is 34.6. The second-order valence-electron chi connectivity index (χ2n) is 7.20. The SMILES string of the molecule is COc1ccc(N[C@H]2CN(S(=O)(=O)c3cn(C)cn3)C[C@@H]2c2ccccc2)cc1. The maximum atomic E-state index is 13.1. The molecule has 1 aliphatic rings. The van der Waals surface area contributed by atoms with E-state index in [0.29, 0.717) is 13.1 Å². The fourth-order valence-electron chi connectivity index (χ4n) is 3.70. The van der Waals surface area contributed by atoms with Gasteiger partial charge in [0.25, 0.3) is 10.0 Å². The van der Waals surface area contributed by atoms with Crippen LogP contribution in [0.1, 0.15) is 11.5 Å². The van der Waals surface area contributed by atoms with Crippen molar-refractivity contribution >= 4 is 15.7 Å². The first-order valence-corrected chi connectivity index (χ1v) is 10.8. The van der Waals surface area contributed by atoms with Gasteiger partial charge in [-0.05, 0) is 29.8 Å².